The molecule has 1 aliphatic carbocycles. The van der Waals surface area contributed by atoms with E-state index in [9.17, 15) is 0 Å². The lowest BCUT2D eigenvalue weighted by molar-refractivity contribution is 0.0272. The van der Waals surface area contributed by atoms with Crippen molar-refractivity contribution in [3.63, 3.8) is 0 Å². The van der Waals surface area contributed by atoms with Crippen LogP contribution in [0.4, 0.5) is 0 Å². The van der Waals surface area contributed by atoms with Gasteiger partial charge in [-0.25, -0.2) is 0 Å². The number of hydrogen-bond acceptors (Lipinski definition) is 2. The van der Waals surface area contributed by atoms with Crippen LogP contribution in [0.2, 0.25) is 0 Å². The fourth-order valence-electron chi connectivity index (χ4n) is 1.75. The lowest BCUT2D eigenvalue weighted by atomic mass is 9.86. The molecule has 0 saturated heterocycles. The van der Waals surface area contributed by atoms with Gasteiger partial charge in [0.1, 0.15) is 0 Å². The van der Waals surface area contributed by atoms with Crippen molar-refractivity contribution < 1.29 is 4.74 Å². The molecule has 1 aliphatic rings. The molecule has 2 heteroatoms. The van der Waals surface area contributed by atoms with Crippen molar-refractivity contribution in [3.8, 4) is 0 Å². The molecule has 1 saturated carbocycles. The minimum absolute atomic E-state index is 0.443. The molecule has 1 rings (SSSR count). The van der Waals surface area contributed by atoms with E-state index in [1.807, 2.05) is 0 Å². The highest BCUT2D eigenvalue weighted by molar-refractivity contribution is 4.75. The van der Waals surface area contributed by atoms with Crippen molar-refractivity contribution in [2.24, 2.45) is 11.7 Å². The lowest BCUT2D eigenvalue weighted by Crippen LogP contribution is -2.32. The molecule has 60 valence electrons. The largest absolute Gasteiger partial charge is 0.381 e. The van der Waals surface area contributed by atoms with Crippen LogP contribution in [0.5, 0.6) is 0 Å². The molecule has 0 aromatic rings. The van der Waals surface area contributed by atoms with Crippen molar-refractivity contribution in [3.05, 3.63) is 0 Å². The molecule has 0 aromatic carbocycles. The quantitative estimate of drug-likeness (QED) is 0.629. The van der Waals surface area contributed by atoms with Crippen LogP contribution in [0.3, 0.4) is 0 Å². The monoisotopic (exact) mass is 143 g/mol. The van der Waals surface area contributed by atoms with Crippen LogP contribution < -0.4 is 5.73 Å². The fourth-order valence-corrected chi connectivity index (χ4v) is 1.75. The van der Waals surface area contributed by atoms with Crippen LogP contribution in [-0.4, -0.2) is 19.8 Å². The summed E-state index contributed by atoms with van der Waals surface area (Å²) in [6.45, 7) is 0.790. The maximum Gasteiger partial charge on any atom is 0.0611 e. The standard InChI is InChI=1S/C8H17NO/c1-10-8-5-3-2-4-7(8)6-9/h7-8H,2-6,9H2,1H3/t7-,8-/m0/s1. The Bertz CT molecular complexity index is 83.3. The predicted molar refractivity (Wildman–Crippen MR) is 41.8 cm³/mol. The molecule has 0 spiro atoms. The number of nitrogens with two attached hydrogens (primary N) is 1. The summed E-state index contributed by atoms with van der Waals surface area (Å²) >= 11 is 0. The number of rotatable bonds is 2. The third kappa shape index (κ3) is 1.70. The Morgan fingerprint density at radius 3 is 2.60 bits per heavy atom. The molecule has 10 heavy (non-hydrogen) atoms. The lowest BCUT2D eigenvalue weighted by Gasteiger charge is -2.29. The maximum atomic E-state index is 5.59. The molecule has 2 N–H and O–H groups in total. The van der Waals surface area contributed by atoms with Gasteiger partial charge in [0.15, 0.2) is 0 Å². The van der Waals surface area contributed by atoms with Crippen LogP contribution >= 0.6 is 0 Å². The molecule has 0 heterocycles. The van der Waals surface area contributed by atoms with E-state index in [0.29, 0.717) is 12.0 Å². The average Bonchev–Trinajstić information content (AvgIpc) is 2.04. The van der Waals surface area contributed by atoms with Crippen molar-refractivity contribution >= 4 is 0 Å². The molecule has 1 fully saturated rings. The van der Waals surface area contributed by atoms with Crippen LogP contribution in [0, 0.1) is 5.92 Å². The summed E-state index contributed by atoms with van der Waals surface area (Å²) in [4.78, 5) is 0. The molecule has 0 bridgehead atoms. The van der Waals surface area contributed by atoms with E-state index in [1.54, 1.807) is 7.11 Å². The van der Waals surface area contributed by atoms with Gasteiger partial charge in [-0.15, -0.1) is 0 Å². The smallest absolute Gasteiger partial charge is 0.0611 e. The zero-order valence-corrected chi connectivity index (χ0v) is 6.68. The van der Waals surface area contributed by atoms with Crippen molar-refractivity contribution in [2.45, 2.75) is 31.8 Å². The van der Waals surface area contributed by atoms with Gasteiger partial charge in [0.25, 0.3) is 0 Å². The Labute approximate surface area is 62.7 Å². The van der Waals surface area contributed by atoms with Gasteiger partial charge in [-0.2, -0.15) is 0 Å². The topological polar surface area (TPSA) is 35.2 Å². The summed E-state index contributed by atoms with van der Waals surface area (Å²) < 4.78 is 5.31. The van der Waals surface area contributed by atoms with Gasteiger partial charge in [0.05, 0.1) is 6.10 Å². The molecule has 0 radical (unpaired) electrons. The Hall–Kier alpha value is -0.0800. The van der Waals surface area contributed by atoms with Gasteiger partial charge in [-0.1, -0.05) is 12.8 Å². The molecule has 2 atom stereocenters. The molecular formula is C8H17NO. The molecule has 0 aromatic heterocycles. The Kier molecular flexibility index (Phi) is 3.16. The van der Waals surface area contributed by atoms with E-state index in [0.717, 1.165) is 6.54 Å². The zero-order valence-electron chi connectivity index (χ0n) is 6.68. The molecule has 0 amide bonds. The normalized spacial score (nSPS) is 34.2. The minimum atomic E-state index is 0.443. The minimum Gasteiger partial charge on any atom is -0.381 e. The summed E-state index contributed by atoms with van der Waals surface area (Å²) in [5.41, 5.74) is 5.59. The molecule has 2 nitrogen and oxygen atoms in total. The van der Waals surface area contributed by atoms with E-state index in [1.165, 1.54) is 25.7 Å². The van der Waals surface area contributed by atoms with Crippen molar-refractivity contribution in [1.29, 1.82) is 0 Å². The highest BCUT2D eigenvalue weighted by Gasteiger charge is 2.22. The van der Waals surface area contributed by atoms with E-state index < -0.39 is 0 Å². The van der Waals surface area contributed by atoms with Crippen LogP contribution in [-0.2, 0) is 4.74 Å². The van der Waals surface area contributed by atoms with Gasteiger partial charge in [0, 0.05) is 7.11 Å². The highest BCUT2D eigenvalue weighted by Crippen LogP contribution is 2.25. The van der Waals surface area contributed by atoms with Crippen molar-refractivity contribution in [1.82, 2.24) is 0 Å². The third-order valence-corrected chi connectivity index (χ3v) is 2.44. The molecule has 0 aliphatic heterocycles. The van der Waals surface area contributed by atoms with Crippen molar-refractivity contribution in [2.75, 3.05) is 13.7 Å². The number of methoxy groups -OCH3 is 1. The van der Waals surface area contributed by atoms with Gasteiger partial charge < -0.3 is 10.5 Å². The van der Waals surface area contributed by atoms with Gasteiger partial charge in [-0.3, -0.25) is 0 Å². The number of hydrogen-bond donors (Lipinski definition) is 1. The highest BCUT2D eigenvalue weighted by atomic mass is 16.5. The third-order valence-electron chi connectivity index (χ3n) is 2.44. The van der Waals surface area contributed by atoms with Gasteiger partial charge >= 0.3 is 0 Å². The maximum absolute atomic E-state index is 5.59. The van der Waals surface area contributed by atoms with Gasteiger partial charge in [-0.05, 0) is 25.3 Å². The second kappa shape index (κ2) is 3.94. The zero-order chi connectivity index (χ0) is 7.40. The molecular weight excluding hydrogens is 126 g/mol. The average molecular weight is 143 g/mol. The summed E-state index contributed by atoms with van der Waals surface area (Å²) in [7, 11) is 1.79. The summed E-state index contributed by atoms with van der Waals surface area (Å²) in [6.07, 6.45) is 5.56. The van der Waals surface area contributed by atoms with Crippen LogP contribution in [0.15, 0.2) is 0 Å². The van der Waals surface area contributed by atoms with E-state index in [4.69, 9.17) is 10.5 Å². The first-order valence-corrected chi connectivity index (χ1v) is 4.11. The SMILES string of the molecule is CO[C@H]1CCCC[C@H]1CN. The van der Waals surface area contributed by atoms with E-state index >= 15 is 0 Å². The van der Waals surface area contributed by atoms with Gasteiger partial charge in [0.2, 0.25) is 0 Å². The van der Waals surface area contributed by atoms with E-state index in [-0.39, 0.29) is 0 Å². The second-order valence-electron chi connectivity index (χ2n) is 3.05. The van der Waals surface area contributed by atoms with Crippen LogP contribution in [0.1, 0.15) is 25.7 Å². The number of ether oxygens (including phenoxy) is 1. The first kappa shape index (κ1) is 8.02. The Morgan fingerprint density at radius 1 is 1.40 bits per heavy atom. The second-order valence-corrected chi connectivity index (χ2v) is 3.05. The summed E-state index contributed by atoms with van der Waals surface area (Å²) in [5, 5.41) is 0. The predicted octanol–water partition coefficient (Wildman–Crippen LogP) is 1.15. The molecule has 0 unspecified atom stereocenters. The summed E-state index contributed by atoms with van der Waals surface area (Å²) in [5.74, 6) is 0.624. The first-order valence-electron chi connectivity index (χ1n) is 4.11. The Balaban J connectivity index is 2.34. The summed E-state index contributed by atoms with van der Waals surface area (Å²) in [6, 6.07) is 0. The van der Waals surface area contributed by atoms with Crippen LogP contribution in [0.25, 0.3) is 0 Å². The first-order chi connectivity index (χ1) is 4.88. The van der Waals surface area contributed by atoms with E-state index in [2.05, 4.69) is 0 Å². The fraction of sp³-hybridized carbons (Fsp3) is 1.00. The Morgan fingerprint density at radius 2 is 2.10 bits per heavy atom.